The lowest BCUT2D eigenvalue weighted by Gasteiger charge is -2.25. The number of carbonyl (C=O) groups is 2. The number of aromatic nitrogens is 1. The Bertz CT molecular complexity index is 515. The molecule has 20 heavy (non-hydrogen) atoms. The van der Waals surface area contributed by atoms with Gasteiger partial charge in [0.15, 0.2) is 0 Å². The molecule has 0 fully saturated rings. The number of rotatable bonds is 6. The third-order valence-corrected chi connectivity index (χ3v) is 3.55. The average Bonchev–Trinajstić information content (AvgIpc) is 2.61. The van der Waals surface area contributed by atoms with E-state index in [0.29, 0.717) is 12.0 Å². The van der Waals surface area contributed by atoms with Crippen LogP contribution in [0.15, 0.2) is 6.07 Å². The monoisotopic (exact) mass is 280 g/mol. The van der Waals surface area contributed by atoms with Gasteiger partial charge in [-0.1, -0.05) is 0 Å². The van der Waals surface area contributed by atoms with Gasteiger partial charge < -0.3 is 15.0 Å². The maximum Gasteiger partial charge on any atom is 0.303 e. The Morgan fingerprint density at radius 2 is 1.95 bits per heavy atom. The second-order valence-corrected chi connectivity index (χ2v) is 5.76. The molecule has 0 spiro atoms. The van der Waals surface area contributed by atoms with E-state index >= 15 is 0 Å². The minimum atomic E-state index is -0.850. The standard InChI is InChI=1S/C15H24N2O3/c1-6-17-10(2)9-12(11(17)3)14(20)16-15(4,5)8-7-13(18)19/h9H,6-8H2,1-5H3,(H,16,20)(H,18,19). The zero-order valence-electron chi connectivity index (χ0n) is 12.9. The van der Waals surface area contributed by atoms with Gasteiger partial charge in [-0.15, -0.1) is 0 Å². The fourth-order valence-corrected chi connectivity index (χ4v) is 2.37. The third-order valence-electron chi connectivity index (χ3n) is 3.55. The molecular weight excluding hydrogens is 256 g/mol. The van der Waals surface area contributed by atoms with Crippen molar-refractivity contribution in [2.24, 2.45) is 0 Å². The van der Waals surface area contributed by atoms with E-state index in [1.807, 2.05) is 40.7 Å². The summed E-state index contributed by atoms with van der Waals surface area (Å²) < 4.78 is 2.08. The van der Waals surface area contributed by atoms with Crippen molar-refractivity contribution < 1.29 is 14.7 Å². The molecule has 112 valence electrons. The summed E-state index contributed by atoms with van der Waals surface area (Å²) in [5.74, 6) is -0.996. The number of nitrogens with one attached hydrogen (secondary N) is 1. The van der Waals surface area contributed by atoms with E-state index in [9.17, 15) is 9.59 Å². The molecule has 0 radical (unpaired) electrons. The number of carboxylic acids is 1. The van der Waals surface area contributed by atoms with E-state index in [1.165, 1.54) is 0 Å². The summed E-state index contributed by atoms with van der Waals surface area (Å²) in [5, 5.41) is 11.6. The number of carbonyl (C=O) groups excluding carboxylic acids is 1. The van der Waals surface area contributed by atoms with Crippen LogP contribution in [-0.4, -0.2) is 27.1 Å². The molecule has 0 aliphatic heterocycles. The van der Waals surface area contributed by atoms with Gasteiger partial charge in [-0.25, -0.2) is 0 Å². The Hall–Kier alpha value is -1.78. The number of nitrogens with zero attached hydrogens (tertiary/aromatic N) is 1. The van der Waals surface area contributed by atoms with E-state index < -0.39 is 11.5 Å². The molecular formula is C15H24N2O3. The Morgan fingerprint density at radius 1 is 1.35 bits per heavy atom. The number of amides is 1. The first-order valence-corrected chi connectivity index (χ1v) is 6.89. The van der Waals surface area contributed by atoms with E-state index in [1.54, 1.807) is 0 Å². The van der Waals surface area contributed by atoms with Crippen LogP contribution in [-0.2, 0) is 11.3 Å². The van der Waals surface area contributed by atoms with Crippen LogP contribution in [0, 0.1) is 13.8 Å². The average molecular weight is 280 g/mol. The first-order chi connectivity index (χ1) is 9.18. The van der Waals surface area contributed by atoms with Crippen molar-refractivity contribution in [3.63, 3.8) is 0 Å². The summed E-state index contributed by atoms with van der Waals surface area (Å²) in [5.41, 5.74) is 2.12. The third kappa shape index (κ3) is 3.85. The number of hydrogen-bond acceptors (Lipinski definition) is 2. The predicted molar refractivity (Wildman–Crippen MR) is 78.0 cm³/mol. The molecule has 1 aromatic rings. The predicted octanol–water partition coefficient (Wildman–Crippen LogP) is 2.50. The van der Waals surface area contributed by atoms with Crippen LogP contribution in [0.1, 0.15) is 55.4 Å². The van der Waals surface area contributed by atoms with Crippen molar-refractivity contribution in [2.75, 3.05) is 0 Å². The number of aryl methyl sites for hydroxylation is 1. The molecule has 0 saturated heterocycles. The van der Waals surface area contributed by atoms with Crippen molar-refractivity contribution in [1.82, 2.24) is 9.88 Å². The second kappa shape index (κ2) is 6.11. The Kier molecular flexibility index (Phi) is 4.98. The Morgan fingerprint density at radius 3 is 2.40 bits per heavy atom. The van der Waals surface area contributed by atoms with Gasteiger partial charge in [0.05, 0.1) is 5.56 Å². The highest BCUT2D eigenvalue weighted by Gasteiger charge is 2.24. The van der Waals surface area contributed by atoms with Crippen molar-refractivity contribution in [2.45, 2.75) is 59.5 Å². The lowest BCUT2D eigenvalue weighted by molar-refractivity contribution is -0.137. The van der Waals surface area contributed by atoms with Gasteiger partial charge in [0.25, 0.3) is 5.91 Å². The van der Waals surface area contributed by atoms with Crippen LogP contribution in [0.25, 0.3) is 0 Å². The van der Waals surface area contributed by atoms with E-state index in [4.69, 9.17) is 5.11 Å². The molecule has 1 rings (SSSR count). The van der Waals surface area contributed by atoms with Crippen LogP contribution in [0.3, 0.4) is 0 Å². The Balaban J connectivity index is 2.83. The molecule has 0 aromatic carbocycles. The fraction of sp³-hybridized carbons (Fsp3) is 0.600. The highest BCUT2D eigenvalue weighted by atomic mass is 16.4. The molecule has 1 heterocycles. The zero-order valence-corrected chi connectivity index (χ0v) is 12.9. The van der Waals surface area contributed by atoms with Gasteiger partial charge in [-0.2, -0.15) is 0 Å². The summed E-state index contributed by atoms with van der Waals surface area (Å²) in [6.07, 6.45) is 0.446. The highest BCUT2D eigenvalue weighted by molar-refractivity contribution is 5.96. The van der Waals surface area contributed by atoms with Crippen molar-refractivity contribution in [1.29, 1.82) is 0 Å². The van der Waals surface area contributed by atoms with Crippen molar-refractivity contribution >= 4 is 11.9 Å². The maximum absolute atomic E-state index is 12.3. The second-order valence-electron chi connectivity index (χ2n) is 5.76. The van der Waals surface area contributed by atoms with E-state index in [-0.39, 0.29) is 12.3 Å². The summed E-state index contributed by atoms with van der Waals surface area (Å²) in [4.78, 5) is 23.0. The molecule has 1 amide bonds. The summed E-state index contributed by atoms with van der Waals surface area (Å²) in [6.45, 7) is 10.4. The minimum Gasteiger partial charge on any atom is -0.481 e. The molecule has 0 unspecified atom stereocenters. The summed E-state index contributed by atoms with van der Waals surface area (Å²) in [6, 6.07) is 1.88. The van der Waals surface area contributed by atoms with Crippen LogP contribution in [0.2, 0.25) is 0 Å². The van der Waals surface area contributed by atoms with Gasteiger partial charge in [-0.05, 0) is 47.1 Å². The summed E-state index contributed by atoms with van der Waals surface area (Å²) >= 11 is 0. The molecule has 0 saturated carbocycles. The normalized spacial score (nSPS) is 11.4. The molecule has 0 aliphatic carbocycles. The lowest BCUT2D eigenvalue weighted by atomic mass is 9.98. The van der Waals surface area contributed by atoms with Crippen molar-refractivity contribution in [3.8, 4) is 0 Å². The first-order valence-electron chi connectivity index (χ1n) is 6.89. The molecule has 0 aliphatic rings. The fourth-order valence-electron chi connectivity index (χ4n) is 2.37. The van der Waals surface area contributed by atoms with Gasteiger partial charge in [0.1, 0.15) is 0 Å². The topological polar surface area (TPSA) is 71.3 Å². The molecule has 5 heteroatoms. The number of aliphatic carboxylic acids is 1. The zero-order chi connectivity index (χ0) is 15.5. The van der Waals surface area contributed by atoms with Gasteiger partial charge >= 0.3 is 5.97 Å². The van der Waals surface area contributed by atoms with Crippen LogP contribution < -0.4 is 5.32 Å². The largest absolute Gasteiger partial charge is 0.481 e. The van der Waals surface area contributed by atoms with Gasteiger partial charge in [-0.3, -0.25) is 9.59 Å². The molecule has 0 bridgehead atoms. The molecule has 2 N–H and O–H groups in total. The number of hydrogen-bond donors (Lipinski definition) is 2. The quantitative estimate of drug-likeness (QED) is 0.841. The van der Waals surface area contributed by atoms with Crippen LogP contribution >= 0.6 is 0 Å². The van der Waals surface area contributed by atoms with E-state index in [0.717, 1.165) is 17.9 Å². The van der Waals surface area contributed by atoms with E-state index in [2.05, 4.69) is 9.88 Å². The minimum absolute atomic E-state index is 0.0429. The van der Waals surface area contributed by atoms with Crippen LogP contribution in [0.4, 0.5) is 0 Å². The van der Waals surface area contributed by atoms with Gasteiger partial charge in [0.2, 0.25) is 0 Å². The maximum atomic E-state index is 12.3. The van der Waals surface area contributed by atoms with Gasteiger partial charge in [0, 0.05) is 29.9 Å². The molecule has 0 atom stereocenters. The molecule has 5 nitrogen and oxygen atoms in total. The van der Waals surface area contributed by atoms with Crippen LogP contribution in [0.5, 0.6) is 0 Å². The SMILES string of the molecule is CCn1c(C)cc(C(=O)NC(C)(C)CCC(=O)O)c1C. The van der Waals surface area contributed by atoms with Crippen molar-refractivity contribution in [3.05, 3.63) is 23.0 Å². The highest BCUT2D eigenvalue weighted by Crippen LogP contribution is 2.18. The Labute approximate surface area is 120 Å². The first kappa shape index (κ1) is 16.3. The lowest BCUT2D eigenvalue weighted by Crippen LogP contribution is -2.43. The summed E-state index contributed by atoms with van der Waals surface area (Å²) in [7, 11) is 0. The smallest absolute Gasteiger partial charge is 0.303 e. The molecule has 1 aromatic heterocycles. The number of carboxylic acid groups (broad SMARTS) is 1.